The Labute approximate surface area is 46.0 Å². The Morgan fingerprint density at radius 2 is 2.67 bits per heavy atom. The molecule has 0 aromatic carbocycles. The summed E-state index contributed by atoms with van der Waals surface area (Å²) in [4.78, 5) is 0. The van der Waals surface area contributed by atoms with E-state index in [0.29, 0.717) is 0 Å². The van der Waals surface area contributed by atoms with Crippen molar-refractivity contribution in [3.8, 4) is 0 Å². The van der Waals surface area contributed by atoms with Gasteiger partial charge in [0.2, 0.25) is 0 Å². The van der Waals surface area contributed by atoms with Crippen molar-refractivity contribution in [1.29, 1.82) is 0 Å². The lowest BCUT2D eigenvalue weighted by Crippen LogP contribution is -1.79. The van der Waals surface area contributed by atoms with Crippen LogP contribution >= 0.6 is 25.0 Å². The van der Waals surface area contributed by atoms with Gasteiger partial charge in [-0.1, -0.05) is 12.8 Å². The lowest BCUT2D eigenvalue weighted by Gasteiger charge is -1.94. The fourth-order valence-electron chi connectivity index (χ4n) is 0.171. The Balaban J connectivity index is 2.38. The van der Waals surface area contributed by atoms with Gasteiger partial charge in [-0.25, -0.2) is 3.71 Å². The molecule has 6 heavy (non-hydrogen) atoms. The van der Waals surface area contributed by atoms with Crippen molar-refractivity contribution in [3.05, 3.63) is 12.5 Å². The first-order valence-corrected chi connectivity index (χ1v) is 2.47. The molecule has 4 heteroatoms. The zero-order valence-corrected chi connectivity index (χ0v) is 4.58. The number of hydrogen-bond acceptors (Lipinski definition) is 4. The maximum absolute atomic E-state index is 4.64. The van der Waals surface area contributed by atoms with Crippen LogP contribution in [-0.2, 0) is 4.18 Å². The molecule has 0 unspecified atom stereocenters. The molecule has 0 amide bonds. The van der Waals surface area contributed by atoms with Crippen LogP contribution in [0.1, 0.15) is 0 Å². The van der Waals surface area contributed by atoms with Crippen LogP contribution in [0.4, 0.5) is 0 Å². The van der Waals surface area contributed by atoms with Crippen molar-refractivity contribution in [2.75, 3.05) is 0 Å². The molecule has 0 radical (unpaired) electrons. The third-order valence-corrected chi connectivity index (χ3v) is 1.17. The van der Waals surface area contributed by atoms with Crippen LogP contribution in [0.15, 0.2) is 12.5 Å². The summed E-state index contributed by atoms with van der Waals surface area (Å²) in [6.45, 7) is 0. The van der Waals surface area contributed by atoms with Crippen LogP contribution in [0.2, 0.25) is 0 Å². The van der Waals surface area contributed by atoms with E-state index in [1.165, 1.54) is 12.2 Å². The molecule has 0 saturated carbocycles. The Hall–Kier alpha value is 0.0400. The highest BCUT2D eigenvalue weighted by atomic mass is 32.2. The van der Waals surface area contributed by atoms with Gasteiger partial charge in [0.1, 0.15) is 6.26 Å². The Bertz CT molecular complexity index is 73.9. The summed E-state index contributed by atoms with van der Waals surface area (Å²) in [5.74, 6) is 0. The molecule has 1 rings (SSSR count). The van der Waals surface area contributed by atoms with Gasteiger partial charge in [-0.15, -0.1) is 0 Å². The van der Waals surface area contributed by atoms with Crippen molar-refractivity contribution in [2.24, 2.45) is 0 Å². The monoisotopic (exact) mass is 121 g/mol. The molecule has 0 fully saturated rings. The van der Waals surface area contributed by atoms with Crippen molar-refractivity contribution < 1.29 is 4.18 Å². The molecule has 0 bridgehead atoms. The summed E-state index contributed by atoms with van der Waals surface area (Å²) in [5, 5.41) is 0. The molecule has 0 atom stereocenters. The van der Waals surface area contributed by atoms with Gasteiger partial charge in [-0.2, -0.15) is 0 Å². The summed E-state index contributed by atoms with van der Waals surface area (Å²) in [5.41, 5.74) is 0. The van der Waals surface area contributed by atoms with Crippen molar-refractivity contribution in [3.63, 3.8) is 0 Å². The second-order valence-corrected chi connectivity index (χ2v) is 2.19. The molecule has 0 aliphatic carbocycles. The molecule has 1 aliphatic rings. The zero-order chi connectivity index (χ0) is 4.41. The van der Waals surface area contributed by atoms with E-state index in [0.717, 1.165) is 0 Å². The molecule has 2 nitrogen and oxygen atoms in total. The fraction of sp³-hybridized carbons (Fsp3) is 0. The van der Waals surface area contributed by atoms with E-state index in [1.54, 1.807) is 16.2 Å². The van der Waals surface area contributed by atoms with E-state index in [9.17, 15) is 0 Å². The molecule has 1 aliphatic heterocycles. The average Bonchev–Trinajstić information content (AvgIpc) is 1.86. The Morgan fingerprint density at radius 1 is 1.83 bits per heavy atom. The molecule has 0 spiro atoms. The van der Waals surface area contributed by atoms with Gasteiger partial charge in [-0.05, 0) is 0 Å². The normalized spacial score (nSPS) is 18.5. The number of hydrogen-bond donors (Lipinski definition) is 1. The minimum atomic E-state index is 1.18. The largest absolute Gasteiger partial charge is 0.411 e. The van der Waals surface area contributed by atoms with Gasteiger partial charge < -0.3 is 4.18 Å². The summed E-state index contributed by atoms with van der Waals surface area (Å²) in [7, 11) is 0. The highest BCUT2D eigenvalue weighted by Crippen LogP contribution is 2.20. The lowest BCUT2D eigenvalue weighted by molar-refractivity contribution is 0.576. The summed E-state index contributed by atoms with van der Waals surface area (Å²) >= 11 is 5.06. The van der Waals surface area contributed by atoms with E-state index in [-0.39, 0.29) is 0 Å². The topological polar surface area (TPSA) is 12.5 Å². The van der Waals surface area contributed by atoms with Crippen molar-refractivity contribution in [2.45, 2.75) is 0 Å². The Kier molecular flexibility index (Phi) is 1.16. The standard InChI is InChI=1S/C2H3NOS2/c5-3-1-2-4-6-3/h1-2,5H. The SMILES string of the molecule is SN1C=COS1. The first-order chi connectivity index (χ1) is 2.89. The Morgan fingerprint density at radius 3 is 2.83 bits per heavy atom. The minimum Gasteiger partial charge on any atom is -0.411 e. The van der Waals surface area contributed by atoms with Crippen LogP contribution in [0.5, 0.6) is 0 Å². The second-order valence-electron chi connectivity index (χ2n) is 0.758. The number of rotatable bonds is 0. The van der Waals surface area contributed by atoms with Gasteiger partial charge >= 0.3 is 0 Å². The number of nitrogens with zero attached hydrogens (tertiary/aromatic N) is 1. The average molecular weight is 121 g/mol. The predicted molar refractivity (Wildman–Crippen MR) is 28.6 cm³/mol. The van der Waals surface area contributed by atoms with E-state index in [4.69, 9.17) is 0 Å². The maximum atomic E-state index is 4.64. The highest BCUT2D eigenvalue weighted by molar-refractivity contribution is 8.02. The molecule has 0 N–H and O–H groups in total. The summed E-state index contributed by atoms with van der Waals surface area (Å²) in [6.07, 6.45) is 3.28. The second kappa shape index (κ2) is 1.66. The molecular weight excluding hydrogens is 118 g/mol. The van der Waals surface area contributed by atoms with Crippen LogP contribution < -0.4 is 0 Å². The van der Waals surface area contributed by atoms with Crippen LogP contribution in [0.3, 0.4) is 0 Å². The lowest BCUT2D eigenvalue weighted by atomic mass is 11.0. The van der Waals surface area contributed by atoms with E-state index < -0.39 is 0 Å². The molecule has 0 aromatic heterocycles. The van der Waals surface area contributed by atoms with Crippen molar-refractivity contribution in [1.82, 2.24) is 3.71 Å². The van der Waals surface area contributed by atoms with Gasteiger partial charge in [0.25, 0.3) is 0 Å². The van der Waals surface area contributed by atoms with Gasteiger partial charge in [0.15, 0.2) is 12.2 Å². The first kappa shape index (κ1) is 4.21. The predicted octanol–water partition coefficient (Wildman–Crippen LogP) is 1.20. The van der Waals surface area contributed by atoms with E-state index in [1.807, 2.05) is 0 Å². The molecule has 1 heterocycles. The zero-order valence-electron chi connectivity index (χ0n) is 2.87. The van der Waals surface area contributed by atoms with E-state index in [2.05, 4.69) is 17.0 Å². The third kappa shape index (κ3) is 0.753. The van der Waals surface area contributed by atoms with Crippen LogP contribution in [-0.4, -0.2) is 3.71 Å². The van der Waals surface area contributed by atoms with Gasteiger partial charge in [-0.3, -0.25) is 0 Å². The van der Waals surface area contributed by atoms with Gasteiger partial charge in [0, 0.05) is 0 Å². The van der Waals surface area contributed by atoms with Crippen LogP contribution in [0.25, 0.3) is 0 Å². The summed E-state index contributed by atoms with van der Waals surface area (Å²) in [6, 6.07) is 0. The highest BCUT2D eigenvalue weighted by Gasteiger charge is 1.97. The molecule has 0 aromatic rings. The maximum Gasteiger partial charge on any atom is 0.189 e. The minimum absolute atomic E-state index is 1.18. The number of thiol groups is 1. The molecule has 34 valence electrons. The fourth-order valence-corrected chi connectivity index (χ4v) is 0.628. The molecular formula is C2H3NOS2. The quantitative estimate of drug-likeness (QED) is 0.294. The van der Waals surface area contributed by atoms with E-state index >= 15 is 0 Å². The summed E-state index contributed by atoms with van der Waals surface area (Å²) < 4.78 is 6.21. The smallest absolute Gasteiger partial charge is 0.189 e. The van der Waals surface area contributed by atoms with Crippen molar-refractivity contribution >= 4 is 25.0 Å². The molecule has 0 saturated heterocycles. The van der Waals surface area contributed by atoms with Crippen LogP contribution in [0, 0.1) is 0 Å². The third-order valence-electron chi connectivity index (χ3n) is 0.363. The first-order valence-electron chi connectivity index (χ1n) is 1.38. The van der Waals surface area contributed by atoms with Gasteiger partial charge in [0.05, 0.1) is 6.20 Å².